The fourth-order valence-electron chi connectivity index (χ4n) is 3.33. The predicted octanol–water partition coefficient (Wildman–Crippen LogP) is 4.83. The molecule has 0 aliphatic carbocycles. The van der Waals surface area contributed by atoms with E-state index in [9.17, 15) is 9.59 Å². The molecule has 3 aromatic carbocycles. The maximum absolute atomic E-state index is 12.9. The van der Waals surface area contributed by atoms with Gasteiger partial charge in [-0.1, -0.05) is 78.9 Å². The normalized spacial score (nSPS) is 10.6. The number of benzene rings is 3. The molecule has 2 amide bonds. The lowest BCUT2D eigenvalue weighted by molar-refractivity contribution is -0.128. The van der Waals surface area contributed by atoms with Crippen LogP contribution >= 0.6 is 0 Å². The number of nitrogens with zero attached hydrogens (tertiary/aromatic N) is 1. The lowest BCUT2D eigenvalue weighted by atomic mass is 9.88. The Kier molecular flexibility index (Phi) is 6.80. The minimum atomic E-state index is -0.0550. The van der Waals surface area contributed by atoms with Crippen molar-refractivity contribution in [2.24, 2.45) is 0 Å². The van der Waals surface area contributed by atoms with E-state index in [1.165, 1.54) is 6.92 Å². The monoisotopic (exact) mass is 386 g/mol. The molecule has 0 heterocycles. The Bertz CT molecular complexity index is 915. The van der Waals surface area contributed by atoms with Crippen LogP contribution in [0.1, 0.15) is 36.0 Å². The van der Waals surface area contributed by atoms with Crippen LogP contribution in [0.2, 0.25) is 0 Å². The summed E-state index contributed by atoms with van der Waals surface area (Å²) >= 11 is 0. The molecule has 4 heteroatoms. The van der Waals surface area contributed by atoms with Crippen molar-refractivity contribution in [3.8, 4) is 0 Å². The number of rotatable bonds is 7. The van der Waals surface area contributed by atoms with Gasteiger partial charge >= 0.3 is 0 Å². The Hall–Kier alpha value is -3.40. The van der Waals surface area contributed by atoms with Crippen LogP contribution in [0.3, 0.4) is 0 Å². The van der Waals surface area contributed by atoms with Gasteiger partial charge in [0.15, 0.2) is 0 Å². The van der Waals surface area contributed by atoms with Crippen molar-refractivity contribution in [3.05, 3.63) is 102 Å². The SMILES string of the molecule is CC(=O)N(C)Cc1ccccc1NC(=O)CC(c1ccccc1)c1ccccc1. The fourth-order valence-corrected chi connectivity index (χ4v) is 3.33. The highest BCUT2D eigenvalue weighted by atomic mass is 16.2. The van der Waals surface area contributed by atoms with E-state index in [2.05, 4.69) is 29.6 Å². The van der Waals surface area contributed by atoms with Crippen LogP contribution < -0.4 is 5.32 Å². The summed E-state index contributed by atoms with van der Waals surface area (Å²) < 4.78 is 0. The maximum Gasteiger partial charge on any atom is 0.225 e. The van der Waals surface area contributed by atoms with Crippen LogP contribution in [-0.2, 0) is 16.1 Å². The zero-order valence-electron chi connectivity index (χ0n) is 16.8. The van der Waals surface area contributed by atoms with E-state index in [1.54, 1.807) is 11.9 Å². The summed E-state index contributed by atoms with van der Waals surface area (Å²) in [5, 5.41) is 3.05. The van der Waals surface area contributed by atoms with Crippen molar-refractivity contribution >= 4 is 17.5 Å². The first-order valence-corrected chi connectivity index (χ1v) is 9.74. The molecule has 0 saturated heterocycles. The number of para-hydroxylation sites is 1. The first-order chi connectivity index (χ1) is 14.0. The summed E-state index contributed by atoms with van der Waals surface area (Å²) in [6.45, 7) is 1.98. The molecule has 0 radical (unpaired) electrons. The summed E-state index contributed by atoms with van der Waals surface area (Å²) in [6, 6.07) is 27.8. The second kappa shape index (κ2) is 9.69. The molecule has 0 fully saturated rings. The molecule has 3 aromatic rings. The van der Waals surface area contributed by atoms with E-state index in [0.29, 0.717) is 13.0 Å². The molecule has 0 aliphatic rings. The van der Waals surface area contributed by atoms with Crippen molar-refractivity contribution in [2.75, 3.05) is 12.4 Å². The van der Waals surface area contributed by atoms with Crippen molar-refractivity contribution in [1.29, 1.82) is 0 Å². The minimum absolute atomic E-state index is 0.0145. The molecule has 0 aliphatic heterocycles. The Morgan fingerprint density at radius 2 is 1.34 bits per heavy atom. The summed E-state index contributed by atoms with van der Waals surface area (Å²) in [6.07, 6.45) is 0.338. The number of hydrogen-bond acceptors (Lipinski definition) is 2. The highest BCUT2D eigenvalue weighted by Crippen LogP contribution is 2.28. The third kappa shape index (κ3) is 5.55. The van der Waals surface area contributed by atoms with E-state index >= 15 is 0 Å². The average molecular weight is 386 g/mol. The van der Waals surface area contributed by atoms with Gasteiger partial charge in [0.2, 0.25) is 11.8 Å². The molecular formula is C25H26N2O2. The quantitative estimate of drug-likeness (QED) is 0.632. The smallest absolute Gasteiger partial charge is 0.225 e. The van der Waals surface area contributed by atoms with Gasteiger partial charge in [-0.2, -0.15) is 0 Å². The molecule has 0 aromatic heterocycles. The number of carbonyl (C=O) groups excluding carboxylic acids is 2. The molecule has 3 rings (SSSR count). The van der Waals surface area contributed by atoms with Crippen LogP contribution in [0, 0.1) is 0 Å². The number of anilines is 1. The van der Waals surface area contributed by atoms with Crippen molar-refractivity contribution in [3.63, 3.8) is 0 Å². The van der Waals surface area contributed by atoms with Crippen LogP contribution in [0.5, 0.6) is 0 Å². The van der Waals surface area contributed by atoms with E-state index in [1.807, 2.05) is 60.7 Å². The number of carbonyl (C=O) groups is 2. The lowest BCUT2D eigenvalue weighted by Crippen LogP contribution is -2.24. The minimum Gasteiger partial charge on any atom is -0.342 e. The van der Waals surface area contributed by atoms with Crippen molar-refractivity contribution in [1.82, 2.24) is 4.90 Å². The van der Waals surface area contributed by atoms with Crippen LogP contribution in [0.25, 0.3) is 0 Å². The third-order valence-electron chi connectivity index (χ3n) is 5.03. The number of hydrogen-bond donors (Lipinski definition) is 1. The van der Waals surface area contributed by atoms with Gasteiger partial charge < -0.3 is 10.2 Å². The molecule has 0 saturated carbocycles. The zero-order chi connectivity index (χ0) is 20.6. The highest BCUT2D eigenvalue weighted by Gasteiger charge is 2.19. The Morgan fingerprint density at radius 3 is 1.90 bits per heavy atom. The van der Waals surface area contributed by atoms with Gasteiger partial charge in [-0.15, -0.1) is 0 Å². The zero-order valence-corrected chi connectivity index (χ0v) is 16.8. The Labute approximate surface area is 172 Å². The summed E-state index contributed by atoms with van der Waals surface area (Å²) in [5.74, 6) is -0.0931. The van der Waals surface area contributed by atoms with E-state index in [0.717, 1.165) is 22.4 Å². The number of amides is 2. The fraction of sp³-hybridized carbons (Fsp3) is 0.200. The van der Waals surface area contributed by atoms with Crippen molar-refractivity contribution < 1.29 is 9.59 Å². The predicted molar refractivity (Wildman–Crippen MR) is 117 cm³/mol. The van der Waals surface area contributed by atoms with Gasteiger partial charge in [-0.05, 0) is 22.8 Å². The second-order valence-electron chi connectivity index (χ2n) is 7.16. The van der Waals surface area contributed by atoms with Gasteiger partial charge in [0.05, 0.1) is 0 Å². The Balaban J connectivity index is 1.79. The summed E-state index contributed by atoms with van der Waals surface area (Å²) in [4.78, 5) is 26.2. The molecule has 1 N–H and O–H groups in total. The molecule has 0 bridgehead atoms. The first kappa shape index (κ1) is 20.3. The Morgan fingerprint density at radius 1 is 0.828 bits per heavy atom. The molecule has 0 spiro atoms. The van der Waals surface area contributed by atoms with Gasteiger partial charge in [0.1, 0.15) is 0 Å². The molecule has 148 valence electrons. The van der Waals surface area contributed by atoms with E-state index < -0.39 is 0 Å². The molecule has 0 unspecified atom stereocenters. The van der Waals surface area contributed by atoms with Gasteiger partial charge in [0.25, 0.3) is 0 Å². The maximum atomic E-state index is 12.9. The largest absolute Gasteiger partial charge is 0.342 e. The second-order valence-corrected chi connectivity index (χ2v) is 7.16. The first-order valence-electron chi connectivity index (χ1n) is 9.74. The molecule has 0 atom stereocenters. The number of nitrogens with one attached hydrogen (secondary N) is 1. The van der Waals surface area contributed by atoms with E-state index in [4.69, 9.17) is 0 Å². The summed E-state index contributed by atoms with van der Waals surface area (Å²) in [7, 11) is 1.75. The van der Waals surface area contributed by atoms with Gasteiger partial charge in [0, 0.05) is 38.5 Å². The molecule has 29 heavy (non-hydrogen) atoms. The highest BCUT2D eigenvalue weighted by molar-refractivity contribution is 5.92. The molecular weight excluding hydrogens is 360 g/mol. The van der Waals surface area contributed by atoms with Gasteiger partial charge in [-0.25, -0.2) is 0 Å². The topological polar surface area (TPSA) is 49.4 Å². The third-order valence-corrected chi connectivity index (χ3v) is 5.03. The van der Waals surface area contributed by atoms with Crippen LogP contribution in [0.4, 0.5) is 5.69 Å². The lowest BCUT2D eigenvalue weighted by Gasteiger charge is -2.20. The van der Waals surface area contributed by atoms with E-state index in [-0.39, 0.29) is 17.7 Å². The van der Waals surface area contributed by atoms with Gasteiger partial charge in [-0.3, -0.25) is 9.59 Å². The molecule has 4 nitrogen and oxygen atoms in total. The van der Waals surface area contributed by atoms with Crippen LogP contribution in [-0.4, -0.2) is 23.8 Å². The summed E-state index contributed by atoms with van der Waals surface area (Å²) in [5.41, 5.74) is 3.87. The average Bonchev–Trinajstić information content (AvgIpc) is 2.74. The standard InChI is InChI=1S/C25H26N2O2/c1-19(28)27(2)18-22-15-9-10-16-24(22)26-25(29)17-23(20-11-5-3-6-12-20)21-13-7-4-8-14-21/h3-16,23H,17-18H2,1-2H3,(H,26,29). The van der Waals surface area contributed by atoms with Crippen molar-refractivity contribution in [2.45, 2.75) is 25.8 Å². The van der Waals surface area contributed by atoms with Crippen LogP contribution in [0.15, 0.2) is 84.9 Å².